The summed E-state index contributed by atoms with van der Waals surface area (Å²) in [5.74, 6) is -0.658. The molecule has 0 fully saturated rings. The highest BCUT2D eigenvalue weighted by Crippen LogP contribution is 2.20. The highest BCUT2D eigenvalue weighted by Gasteiger charge is 2.20. The summed E-state index contributed by atoms with van der Waals surface area (Å²) in [4.78, 5) is 11.5. The summed E-state index contributed by atoms with van der Waals surface area (Å²) in [6, 6.07) is 3.63. The Labute approximate surface area is 111 Å². The van der Waals surface area contributed by atoms with Crippen molar-refractivity contribution >= 4 is 27.6 Å². The number of halogens is 1. The fourth-order valence-corrected chi connectivity index (χ4v) is 2.06. The Bertz CT molecular complexity index is 575. The molecule has 0 atom stereocenters. The molecule has 1 aromatic rings. The van der Waals surface area contributed by atoms with Gasteiger partial charge in [-0.05, 0) is 39.0 Å². The fourth-order valence-electron chi connectivity index (χ4n) is 1.18. The molecule has 0 aliphatic carbocycles. The molecule has 0 heterocycles. The van der Waals surface area contributed by atoms with Gasteiger partial charge >= 0.3 is 5.97 Å². The molecule has 100 valence electrons. The molecule has 0 spiro atoms. The summed E-state index contributed by atoms with van der Waals surface area (Å²) in [5, 5.41) is 5.08. The second kappa shape index (κ2) is 4.87. The van der Waals surface area contributed by atoms with Crippen molar-refractivity contribution in [2.75, 3.05) is 0 Å². The van der Waals surface area contributed by atoms with Gasteiger partial charge in [-0.3, -0.25) is 0 Å². The Morgan fingerprint density at radius 2 is 1.83 bits per heavy atom. The SMILES string of the molecule is CC(C)(C)OC(=O)c1cc(Cl)cc(S(N)(=O)=O)c1. The van der Waals surface area contributed by atoms with Gasteiger partial charge in [0.1, 0.15) is 5.60 Å². The number of benzene rings is 1. The van der Waals surface area contributed by atoms with E-state index in [1.165, 1.54) is 12.1 Å². The minimum absolute atomic E-state index is 0.0430. The van der Waals surface area contributed by atoms with Crippen molar-refractivity contribution in [1.82, 2.24) is 0 Å². The number of primary sulfonamides is 1. The average molecular weight is 292 g/mol. The summed E-state index contributed by atoms with van der Waals surface area (Å²) in [5.41, 5.74) is -0.636. The first kappa shape index (κ1) is 14.9. The number of nitrogens with two attached hydrogens (primary N) is 1. The summed E-state index contributed by atoms with van der Waals surface area (Å²) >= 11 is 5.74. The summed E-state index contributed by atoms with van der Waals surface area (Å²) in [6.07, 6.45) is 0. The molecule has 5 nitrogen and oxygen atoms in total. The Morgan fingerprint density at radius 3 is 2.28 bits per heavy atom. The predicted octanol–water partition coefficient (Wildman–Crippen LogP) is 1.94. The number of carbonyl (C=O) groups excluding carboxylic acids is 1. The van der Waals surface area contributed by atoms with Crippen LogP contribution in [-0.2, 0) is 14.8 Å². The number of sulfonamides is 1. The Balaban J connectivity index is 3.19. The highest BCUT2D eigenvalue weighted by molar-refractivity contribution is 7.89. The van der Waals surface area contributed by atoms with Crippen LogP contribution in [0.25, 0.3) is 0 Å². The Hall–Kier alpha value is -1.11. The minimum atomic E-state index is -3.92. The van der Waals surface area contributed by atoms with Crippen LogP contribution in [0.1, 0.15) is 31.1 Å². The van der Waals surface area contributed by atoms with E-state index in [-0.39, 0.29) is 15.5 Å². The molecule has 0 unspecified atom stereocenters. The van der Waals surface area contributed by atoms with Crippen molar-refractivity contribution < 1.29 is 17.9 Å². The molecule has 1 rings (SSSR count). The summed E-state index contributed by atoms with van der Waals surface area (Å²) in [7, 11) is -3.92. The first-order chi connectivity index (χ1) is 7.99. The molecule has 0 aliphatic heterocycles. The van der Waals surface area contributed by atoms with Gasteiger partial charge in [-0.25, -0.2) is 18.4 Å². The van der Waals surface area contributed by atoms with E-state index in [1.54, 1.807) is 20.8 Å². The lowest BCUT2D eigenvalue weighted by Gasteiger charge is -2.19. The zero-order valence-electron chi connectivity index (χ0n) is 10.2. The van der Waals surface area contributed by atoms with Gasteiger partial charge < -0.3 is 4.74 Å². The van der Waals surface area contributed by atoms with E-state index in [0.29, 0.717) is 0 Å². The van der Waals surface area contributed by atoms with E-state index in [0.717, 1.165) is 6.07 Å². The van der Waals surface area contributed by atoms with E-state index < -0.39 is 21.6 Å². The molecule has 0 saturated carbocycles. The molecule has 0 radical (unpaired) electrons. The van der Waals surface area contributed by atoms with Crippen molar-refractivity contribution in [3.8, 4) is 0 Å². The van der Waals surface area contributed by atoms with Gasteiger partial charge in [-0.1, -0.05) is 11.6 Å². The molecule has 18 heavy (non-hydrogen) atoms. The molecular weight excluding hydrogens is 278 g/mol. The number of esters is 1. The Kier molecular flexibility index (Phi) is 4.05. The average Bonchev–Trinajstić information content (AvgIpc) is 2.12. The minimum Gasteiger partial charge on any atom is -0.456 e. The van der Waals surface area contributed by atoms with Crippen LogP contribution < -0.4 is 5.14 Å². The van der Waals surface area contributed by atoms with Gasteiger partial charge in [-0.2, -0.15) is 0 Å². The van der Waals surface area contributed by atoms with Crippen LogP contribution in [0.2, 0.25) is 5.02 Å². The first-order valence-corrected chi connectivity index (χ1v) is 6.98. The van der Waals surface area contributed by atoms with Gasteiger partial charge in [0.25, 0.3) is 0 Å². The predicted molar refractivity (Wildman–Crippen MR) is 68.0 cm³/mol. The lowest BCUT2D eigenvalue weighted by Crippen LogP contribution is -2.24. The van der Waals surface area contributed by atoms with Gasteiger partial charge in [-0.15, -0.1) is 0 Å². The third-order valence-corrected chi connectivity index (χ3v) is 2.95. The van der Waals surface area contributed by atoms with Crippen molar-refractivity contribution in [1.29, 1.82) is 0 Å². The summed E-state index contributed by atoms with van der Waals surface area (Å²) in [6.45, 7) is 5.11. The third-order valence-electron chi connectivity index (χ3n) is 1.83. The lowest BCUT2D eigenvalue weighted by molar-refractivity contribution is 0.00692. The Morgan fingerprint density at radius 1 is 1.28 bits per heavy atom. The maximum atomic E-state index is 11.8. The van der Waals surface area contributed by atoms with Crippen LogP contribution in [0.5, 0.6) is 0 Å². The van der Waals surface area contributed by atoms with Crippen molar-refractivity contribution in [2.45, 2.75) is 31.3 Å². The normalized spacial score (nSPS) is 12.3. The van der Waals surface area contributed by atoms with Gasteiger partial charge in [0.2, 0.25) is 10.0 Å². The summed E-state index contributed by atoms with van der Waals surface area (Å²) < 4.78 is 27.5. The van der Waals surface area contributed by atoms with E-state index >= 15 is 0 Å². The van der Waals surface area contributed by atoms with Crippen LogP contribution >= 0.6 is 11.6 Å². The molecule has 0 bridgehead atoms. The first-order valence-electron chi connectivity index (χ1n) is 5.06. The fraction of sp³-hybridized carbons (Fsp3) is 0.364. The molecule has 1 aromatic carbocycles. The molecule has 0 saturated heterocycles. The van der Waals surface area contributed by atoms with Crippen molar-refractivity contribution in [3.63, 3.8) is 0 Å². The lowest BCUT2D eigenvalue weighted by atomic mass is 10.1. The standard InChI is InChI=1S/C11H14ClNO4S/c1-11(2,3)17-10(14)7-4-8(12)6-9(5-7)18(13,15)16/h4-6H,1-3H3,(H2,13,15,16). The largest absolute Gasteiger partial charge is 0.456 e. The maximum Gasteiger partial charge on any atom is 0.338 e. The van der Waals surface area contributed by atoms with Crippen LogP contribution in [0.4, 0.5) is 0 Å². The molecule has 0 aliphatic rings. The molecule has 2 N–H and O–H groups in total. The smallest absolute Gasteiger partial charge is 0.338 e. The van der Waals surface area contributed by atoms with Gasteiger partial charge in [0, 0.05) is 5.02 Å². The van der Waals surface area contributed by atoms with Crippen molar-refractivity contribution in [2.24, 2.45) is 5.14 Å². The van der Waals surface area contributed by atoms with Crippen LogP contribution in [0.15, 0.2) is 23.1 Å². The number of carbonyl (C=O) groups is 1. The number of ether oxygens (including phenoxy) is 1. The van der Waals surface area contributed by atoms with Crippen LogP contribution in [0.3, 0.4) is 0 Å². The zero-order valence-corrected chi connectivity index (χ0v) is 11.8. The second-order valence-corrected chi connectivity index (χ2v) is 6.72. The maximum absolute atomic E-state index is 11.8. The van der Waals surface area contributed by atoms with Gasteiger partial charge in [0.15, 0.2) is 0 Å². The van der Waals surface area contributed by atoms with Gasteiger partial charge in [0.05, 0.1) is 10.5 Å². The highest BCUT2D eigenvalue weighted by atomic mass is 35.5. The van der Waals surface area contributed by atoms with Crippen molar-refractivity contribution in [3.05, 3.63) is 28.8 Å². The van der Waals surface area contributed by atoms with Crippen LogP contribution in [0, 0.1) is 0 Å². The second-order valence-electron chi connectivity index (χ2n) is 4.72. The molecular formula is C11H14ClNO4S. The van der Waals surface area contributed by atoms with E-state index in [1.807, 2.05) is 0 Å². The van der Waals surface area contributed by atoms with E-state index in [9.17, 15) is 13.2 Å². The molecule has 7 heteroatoms. The van der Waals surface area contributed by atoms with E-state index in [4.69, 9.17) is 21.5 Å². The third kappa shape index (κ3) is 4.29. The molecule has 0 amide bonds. The topological polar surface area (TPSA) is 86.5 Å². The quantitative estimate of drug-likeness (QED) is 0.844. The zero-order chi connectivity index (χ0) is 14.1. The number of hydrogen-bond acceptors (Lipinski definition) is 4. The molecule has 0 aromatic heterocycles. The van der Waals surface area contributed by atoms with E-state index in [2.05, 4.69) is 0 Å². The number of rotatable bonds is 2. The van der Waals surface area contributed by atoms with Crippen LogP contribution in [-0.4, -0.2) is 20.0 Å². The monoisotopic (exact) mass is 291 g/mol. The number of hydrogen-bond donors (Lipinski definition) is 1.